The number of fused-ring (bicyclic) bond motifs is 1. The maximum atomic E-state index is 14.0. The summed E-state index contributed by atoms with van der Waals surface area (Å²) in [6, 6.07) is 15.5. The van der Waals surface area contributed by atoms with Crippen LogP contribution in [0.2, 0.25) is 0 Å². The fraction of sp³-hybridized carbons (Fsp3) is 0.167. The normalized spacial score (nSPS) is 15.8. The molecule has 2 unspecified atom stereocenters. The van der Waals surface area contributed by atoms with Gasteiger partial charge in [-0.15, -0.1) is 0 Å². The number of nitrogens with one attached hydrogen (secondary N) is 1. The summed E-state index contributed by atoms with van der Waals surface area (Å²) in [5.74, 6) is -2.10. The van der Waals surface area contributed by atoms with Gasteiger partial charge >= 0.3 is 0 Å². The van der Waals surface area contributed by atoms with Crippen molar-refractivity contribution in [3.05, 3.63) is 106 Å². The van der Waals surface area contributed by atoms with Gasteiger partial charge in [0.2, 0.25) is 5.91 Å². The number of carbonyl (C=O) groups excluding carboxylic acids is 1. The minimum Gasteiger partial charge on any atom is -0.351 e. The van der Waals surface area contributed by atoms with E-state index in [0.29, 0.717) is 16.8 Å². The third-order valence-electron chi connectivity index (χ3n) is 5.32. The maximum Gasteiger partial charge on any atom is 0.228 e. The molecule has 0 bridgehead atoms. The Kier molecular flexibility index (Phi) is 5.21. The third kappa shape index (κ3) is 3.81. The lowest BCUT2D eigenvalue weighted by molar-refractivity contribution is -0.123. The number of aromatic nitrogens is 1. The molecule has 1 N–H and O–H groups in total. The van der Waals surface area contributed by atoms with Gasteiger partial charge in [0.15, 0.2) is 0 Å². The lowest BCUT2D eigenvalue weighted by Gasteiger charge is -2.25. The molecule has 0 aliphatic heterocycles. The Morgan fingerprint density at radius 3 is 2.72 bits per heavy atom. The summed E-state index contributed by atoms with van der Waals surface area (Å²) in [5.41, 5.74) is 3.56. The van der Waals surface area contributed by atoms with Gasteiger partial charge in [0.05, 0.1) is 12.1 Å². The molecule has 3 aromatic rings. The Bertz CT molecular complexity index is 1090. The van der Waals surface area contributed by atoms with Crippen LogP contribution in [0.4, 0.5) is 8.78 Å². The van der Waals surface area contributed by atoms with E-state index in [1.165, 1.54) is 12.1 Å². The van der Waals surface area contributed by atoms with E-state index < -0.39 is 11.7 Å². The largest absolute Gasteiger partial charge is 0.351 e. The van der Waals surface area contributed by atoms with Crippen LogP contribution >= 0.6 is 0 Å². The van der Waals surface area contributed by atoms with Gasteiger partial charge in [-0.1, -0.05) is 54.6 Å². The van der Waals surface area contributed by atoms with Crippen molar-refractivity contribution < 1.29 is 13.6 Å². The van der Waals surface area contributed by atoms with Crippen LogP contribution in [0.1, 0.15) is 39.8 Å². The van der Waals surface area contributed by atoms with Gasteiger partial charge in [-0.3, -0.25) is 9.78 Å². The average molecular weight is 390 g/mol. The van der Waals surface area contributed by atoms with Gasteiger partial charge in [-0.25, -0.2) is 8.78 Å². The topological polar surface area (TPSA) is 42.0 Å². The molecule has 2 aromatic carbocycles. The number of nitrogens with zero attached hydrogens (tertiary/aromatic N) is 1. The average Bonchev–Trinajstić information content (AvgIpc) is 3.14. The summed E-state index contributed by atoms with van der Waals surface area (Å²) in [7, 11) is 0. The molecule has 1 aliphatic rings. The summed E-state index contributed by atoms with van der Waals surface area (Å²) in [5, 5.41) is 2.83. The highest BCUT2D eigenvalue weighted by Gasteiger charge is 2.34. The van der Waals surface area contributed by atoms with Gasteiger partial charge in [-0.05, 0) is 35.7 Å². The minimum absolute atomic E-state index is 0.0574. The van der Waals surface area contributed by atoms with Gasteiger partial charge in [0.25, 0.3) is 0 Å². The predicted octanol–water partition coefficient (Wildman–Crippen LogP) is 4.88. The first-order valence-electron chi connectivity index (χ1n) is 9.45. The second-order valence-corrected chi connectivity index (χ2v) is 7.13. The summed E-state index contributed by atoms with van der Waals surface area (Å²) in [4.78, 5) is 17.4. The molecule has 5 heteroatoms. The van der Waals surface area contributed by atoms with E-state index in [2.05, 4.69) is 10.3 Å². The Morgan fingerprint density at radius 2 is 1.90 bits per heavy atom. The van der Waals surface area contributed by atoms with Crippen LogP contribution in [-0.2, 0) is 11.3 Å². The molecule has 1 aromatic heterocycles. The lowest BCUT2D eigenvalue weighted by Crippen LogP contribution is -2.32. The zero-order valence-electron chi connectivity index (χ0n) is 15.9. The molecule has 0 saturated heterocycles. The van der Waals surface area contributed by atoms with Crippen molar-refractivity contribution in [2.45, 2.75) is 25.3 Å². The number of benzene rings is 2. The Labute approximate surface area is 168 Å². The number of amides is 1. The van der Waals surface area contributed by atoms with E-state index in [0.717, 1.165) is 17.3 Å². The zero-order valence-corrected chi connectivity index (χ0v) is 15.9. The standard InChI is InChI=1S/C24H20F2N2O/c1-15-21(12-18(25)14-27-15)23(20-11-10-16-6-2-4-8-19(16)20)24(29)28-13-17-7-3-5-9-22(17)26/h2-12,14,20,23H,13H2,1H3,(H,28,29). The number of aryl methyl sites for hydroxylation is 1. The van der Waals surface area contributed by atoms with E-state index >= 15 is 0 Å². The fourth-order valence-electron chi connectivity index (χ4n) is 3.84. The monoisotopic (exact) mass is 390 g/mol. The highest BCUT2D eigenvalue weighted by Crippen LogP contribution is 2.41. The first kappa shape index (κ1) is 19.0. The van der Waals surface area contributed by atoms with Crippen LogP contribution in [0.15, 0.2) is 66.9 Å². The quantitative estimate of drug-likeness (QED) is 0.675. The highest BCUT2D eigenvalue weighted by molar-refractivity contribution is 5.87. The SMILES string of the molecule is Cc1ncc(F)cc1C(C(=O)NCc1ccccc1F)C1C=Cc2ccccc21. The molecule has 0 saturated carbocycles. The smallest absolute Gasteiger partial charge is 0.228 e. The number of rotatable bonds is 5. The second-order valence-electron chi connectivity index (χ2n) is 7.13. The third-order valence-corrected chi connectivity index (χ3v) is 5.32. The number of pyridine rings is 1. The van der Waals surface area contributed by atoms with Crippen molar-refractivity contribution in [1.29, 1.82) is 0 Å². The molecule has 0 fully saturated rings. The second kappa shape index (κ2) is 7.95. The van der Waals surface area contributed by atoms with E-state index in [9.17, 15) is 13.6 Å². The lowest BCUT2D eigenvalue weighted by atomic mass is 9.81. The predicted molar refractivity (Wildman–Crippen MR) is 108 cm³/mol. The van der Waals surface area contributed by atoms with Gasteiger partial charge < -0.3 is 5.32 Å². The van der Waals surface area contributed by atoms with Crippen molar-refractivity contribution in [2.75, 3.05) is 0 Å². The van der Waals surface area contributed by atoms with Gasteiger partial charge in [0, 0.05) is 23.7 Å². The van der Waals surface area contributed by atoms with Crippen molar-refractivity contribution in [2.24, 2.45) is 0 Å². The molecule has 1 heterocycles. The Hall–Kier alpha value is -3.34. The maximum absolute atomic E-state index is 14.0. The molecule has 4 rings (SSSR count). The zero-order chi connectivity index (χ0) is 20.4. The fourth-order valence-corrected chi connectivity index (χ4v) is 3.84. The van der Waals surface area contributed by atoms with Gasteiger partial charge in [0.1, 0.15) is 11.6 Å². The van der Waals surface area contributed by atoms with Crippen LogP contribution in [0.25, 0.3) is 6.08 Å². The first-order chi connectivity index (χ1) is 14.0. The van der Waals surface area contributed by atoms with Crippen molar-refractivity contribution >= 4 is 12.0 Å². The number of hydrogen-bond donors (Lipinski definition) is 1. The minimum atomic E-state index is -0.676. The van der Waals surface area contributed by atoms with Crippen molar-refractivity contribution in [3.63, 3.8) is 0 Å². The summed E-state index contributed by atoms with van der Waals surface area (Å²) < 4.78 is 28.0. The number of allylic oxidation sites excluding steroid dienone is 1. The molecule has 29 heavy (non-hydrogen) atoms. The van der Waals surface area contributed by atoms with Gasteiger partial charge in [-0.2, -0.15) is 0 Å². The van der Waals surface area contributed by atoms with Crippen molar-refractivity contribution in [3.8, 4) is 0 Å². The molecule has 1 aliphatic carbocycles. The summed E-state index contributed by atoms with van der Waals surface area (Å²) in [6.07, 6.45) is 5.08. The summed E-state index contributed by atoms with van der Waals surface area (Å²) >= 11 is 0. The molecule has 3 nitrogen and oxygen atoms in total. The van der Waals surface area contributed by atoms with Crippen LogP contribution in [0, 0.1) is 18.6 Å². The van der Waals surface area contributed by atoms with Crippen LogP contribution in [0.3, 0.4) is 0 Å². The van der Waals surface area contributed by atoms with Crippen LogP contribution < -0.4 is 5.32 Å². The highest BCUT2D eigenvalue weighted by atomic mass is 19.1. The molecule has 0 radical (unpaired) electrons. The van der Waals surface area contributed by atoms with E-state index in [-0.39, 0.29) is 24.2 Å². The summed E-state index contributed by atoms with van der Waals surface area (Å²) in [6.45, 7) is 1.82. The molecular formula is C24H20F2N2O. The molecule has 1 amide bonds. The number of halogens is 2. The van der Waals surface area contributed by atoms with E-state index in [1.54, 1.807) is 25.1 Å². The van der Waals surface area contributed by atoms with Crippen molar-refractivity contribution in [1.82, 2.24) is 10.3 Å². The van der Waals surface area contributed by atoms with Crippen LogP contribution in [0.5, 0.6) is 0 Å². The first-order valence-corrected chi connectivity index (χ1v) is 9.45. The Balaban J connectivity index is 1.69. The van der Waals surface area contributed by atoms with E-state index in [4.69, 9.17) is 0 Å². The van der Waals surface area contributed by atoms with Crippen LogP contribution in [-0.4, -0.2) is 10.9 Å². The molecule has 2 atom stereocenters. The molecular weight excluding hydrogens is 370 g/mol. The number of carbonyl (C=O) groups is 1. The Morgan fingerprint density at radius 1 is 1.14 bits per heavy atom. The van der Waals surface area contributed by atoms with E-state index in [1.807, 2.05) is 36.4 Å². The molecule has 146 valence electrons. The number of hydrogen-bond acceptors (Lipinski definition) is 2. The molecule has 0 spiro atoms.